The molecule has 0 heterocycles. The fraction of sp³-hybridized carbons (Fsp3) is 0.417. The highest BCUT2D eigenvalue weighted by molar-refractivity contribution is 5.33. The minimum Gasteiger partial charge on any atom is -0.491 e. The summed E-state index contributed by atoms with van der Waals surface area (Å²) in [4.78, 5) is 0. The van der Waals surface area contributed by atoms with Gasteiger partial charge < -0.3 is 15.2 Å². The molecule has 86 valence electrons. The zero-order valence-electron chi connectivity index (χ0n) is 9.31. The van der Waals surface area contributed by atoms with Crippen molar-refractivity contribution in [3.63, 3.8) is 0 Å². The Morgan fingerprint density at radius 1 is 1.50 bits per heavy atom. The summed E-state index contributed by atoms with van der Waals surface area (Å²) >= 11 is 0. The lowest BCUT2D eigenvalue weighted by atomic mass is 10.1. The standard InChI is InChI=1S/C12H16N2O2/c1-14-11(8-13)9-16-12-5-3-2-4-10(12)6-7-15/h2-5,11,14-15H,6-7,9H2,1H3. The van der Waals surface area contributed by atoms with E-state index in [0.29, 0.717) is 13.0 Å². The summed E-state index contributed by atoms with van der Waals surface area (Å²) in [6.07, 6.45) is 0.562. The molecule has 0 aliphatic heterocycles. The van der Waals surface area contributed by atoms with Gasteiger partial charge in [0.15, 0.2) is 0 Å². The third kappa shape index (κ3) is 3.54. The second-order valence-electron chi connectivity index (χ2n) is 3.36. The first kappa shape index (κ1) is 12.5. The Labute approximate surface area is 95.5 Å². The number of nitriles is 1. The number of ether oxygens (including phenoxy) is 1. The molecule has 0 amide bonds. The first-order valence-electron chi connectivity index (χ1n) is 5.20. The molecule has 0 aliphatic rings. The molecule has 0 spiro atoms. The van der Waals surface area contributed by atoms with E-state index in [1.807, 2.05) is 24.3 Å². The second-order valence-corrected chi connectivity index (χ2v) is 3.36. The number of aliphatic hydroxyl groups is 1. The van der Waals surface area contributed by atoms with Crippen LogP contribution in [0.25, 0.3) is 0 Å². The smallest absolute Gasteiger partial charge is 0.129 e. The number of hydrogen-bond acceptors (Lipinski definition) is 4. The molecule has 0 fully saturated rings. The number of hydrogen-bond donors (Lipinski definition) is 2. The minimum absolute atomic E-state index is 0.0913. The van der Waals surface area contributed by atoms with Gasteiger partial charge in [-0.2, -0.15) is 5.26 Å². The van der Waals surface area contributed by atoms with Crippen molar-refractivity contribution < 1.29 is 9.84 Å². The average molecular weight is 220 g/mol. The molecule has 0 aliphatic carbocycles. The normalized spacial score (nSPS) is 11.8. The van der Waals surface area contributed by atoms with Crippen molar-refractivity contribution in [2.45, 2.75) is 12.5 Å². The van der Waals surface area contributed by atoms with Gasteiger partial charge in [-0.05, 0) is 25.1 Å². The molecule has 1 unspecified atom stereocenters. The lowest BCUT2D eigenvalue weighted by Gasteiger charge is -2.13. The summed E-state index contributed by atoms with van der Waals surface area (Å²) in [5.74, 6) is 0.729. The zero-order chi connectivity index (χ0) is 11.8. The van der Waals surface area contributed by atoms with E-state index in [1.165, 1.54) is 0 Å². The van der Waals surface area contributed by atoms with Crippen molar-refractivity contribution in [1.82, 2.24) is 5.32 Å². The Balaban J connectivity index is 2.62. The van der Waals surface area contributed by atoms with E-state index in [-0.39, 0.29) is 12.6 Å². The van der Waals surface area contributed by atoms with Gasteiger partial charge in [0.25, 0.3) is 0 Å². The summed E-state index contributed by atoms with van der Waals surface area (Å²) in [6.45, 7) is 0.392. The van der Waals surface area contributed by atoms with Crippen LogP contribution in [0.2, 0.25) is 0 Å². The Kier molecular flexibility index (Phi) is 5.34. The van der Waals surface area contributed by atoms with Gasteiger partial charge in [-0.1, -0.05) is 18.2 Å². The monoisotopic (exact) mass is 220 g/mol. The van der Waals surface area contributed by atoms with Gasteiger partial charge in [-0.15, -0.1) is 0 Å². The number of aliphatic hydroxyl groups excluding tert-OH is 1. The van der Waals surface area contributed by atoms with Crippen molar-refractivity contribution in [1.29, 1.82) is 5.26 Å². The van der Waals surface area contributed by atoms with E-state index in [1.54, 1.807) is 7.05 Å². The van der Waals surface area contributed by atoms with Crippen LogP contribution in [0, 0.1) is 11.3 Å². The van der Waals surface area contributed by atoms with Crippen molar-refractivity contribution in [3.8, 4) is 11.8 Å². The Morgan fingerprint density at radius 2 is 2.25 bits per heavy atom. The van der Waals surface area contributed by atoms with Gasteiger partial charge in [-0.3, -0.25) is 0 Å². The first-order valence-corrected chi connectivity index (χ1v) is 5.20. The predicted octanol–water partition coefficient (Wildman–Crippen LogP) is 0.712. The second kappa shape index (κ2) is 6.83. The highest BCUT2D eigenvalue weighted by atomic mass is 16.5. The quantitative estimate of drug-likeness (QED) is 0.741. The number of nitrogens with one attached hydrogen (secondary N) is 1. The van der Waals surface area contributed by atoms with E-state index >= 15 is 0 Å². The van der Waals surface area contributed by atoms with Gasteiger partial charge in [0.1, 0.15) is 18.4 Å². The lowest BCUT2D eigenvalue weighted by molar-refractivity contribution is 0.279. The van der Waals surface area contributed by atoms with Gasteiger partial charge in [0.05, 0.1) is 6.07 Å². The van der Waals surface area contributed by atoms with Crippen LogP contribution in [0.4, 0.5) is 0 Å². The zero-order valence-corrected chi connectivity index (χ0v) is 9.31. The summed E-state index contributed by atoms with van der Waals surface area (Å²) in [6, 6.07) is 9.29. The average Bonchev–Trinajstić information content (AvgIpc) is 2.33. The summed E-state index contributed by atoms with van der Waals surface area (Å²) in [5, 5.41) is 20.5. The van der Waals surface area contributed by atoms with Crippen molar-refractivity contribution in [2.75, 3.05) is 20.3 Å². The molecule has 1 rings (SSSR count). The predicted molar refractivity (Wildman–Crippen MR) is 61.2 cm³/mol. The molecule has 0 bridgehead atoms. The van der Waals surface area contributed by atoms with Crippen molar-refractivity contribution in [3.05, 3.63) is 29.8 Å². The van der Waals surface area contributed by atoms with E-state index in [9.17, 15) is 0 Å². The van der Waals surface area contributed by atoms with Crippen LogP contribution >= 0.6 is 0 Å². The van der Waals surface area contributed by atoms with Gasteiger partial charge in [0, 0.05) is 6.61 Å². The van der Waals surface area contributed by atoms with Crippen LogP contribution in [0.5, 0.6) is 5.75 Å². The molecule has 0 saturated carbocycles. The number of nitrogens with zero attached hydrogens (tertiary/aromatic N) is 1. The minimum atomic E-state index is -0.317. The number of para-hydroxylation sites is 1. The van der Waals surface area contributed by atoms with Crippen molar-refractivity contribution in [2.24, 2.45) is 0 Å². The molecule has 1 aromatic rings. The number of likely N-dealkylation sites (N-methyl/N-ethyl adjacent to an activating group) is 1. The molecule has 1 atom stereocenters. The highest BCUT2D eigenvalue weighted by Crippen LogP contribution is 2.18. The van der Waals surface area contributed by atoms with E-state index in [0.717, 1.165) is 11.3 Å². The fourth-order valence-corrected chi connectivity index (χ4v) is 1.33. The maximum absolute atomic E-state index is 8.89. The molecular weight excluding hydrogens is 204 g/mol. The lowest BCUT2D eigenvalue weighted by Crippen LogP contribution is -2.30. The van der Waals surface area contributed by atoms with Crippen LogP contribution < -0.4 is 10.1 Å². The number of rotatable bonds is 6. The maximum Gasteiger partial charge on any atom is 0.129 e. The maximum atomic E-state index is 8.89. The highest BCUT2D eigenvalue weighted by Gasteiger charge is 2.07. The Bertz CT molecular complexity index is 360. The first-order chi connectivity index (χ1) is 7.81. The molecule has 4 heteroatoms. The van der Waals surface area contributed by atoms with Crippen LogP contribution in [-0.2, 0) is 6.42 Å². The van der Waals surface area contributed by atoms with Crippen molar-refractivity contribution >= 4 is 0 Å². The summed E-state index contributed by atoms with van der Waals surface area (Å²) in [5.41, 5.74) is 0.956. The molecule has 0 radical (unpaired) electrons. The molecule has 0 saturated heterocycles. The third-order valence-electron chi connectivity index (χ3n) is 2.26. The van der Waals surface area contributed by atoms with E-state index in [2.05, 4.69) is 11.4 Å². The topological polar surface area (TPSA) is 65.3 Å². The fourth-order valence-electron chi connectivity index (χ4n) is 1.33. The van der Waals surface area contributed by atoms with E-state index < -0.39 is 0 Å². The van der Waals surface area contributed by atoms with Gasteiger partial charge in [0.2, 0.25) is 0 Å². The van der Waals surface area contributed by atoms with Crippen LogP contribution in [0.15, 0.2) is 24.3 Å². The molecule has 0 aromatic heterocycles. The molecule has 16 heavy (non-hydrogen) atoms. The van der Waals surface area contributed by atoms with Crippen LogP contribution in [0.3, 0.4) is 0 Å². The largest absolute Gasteiger partial charge is 0.491 e. The van der Waals surface area contributed by atoms with Crippen LogP contribution in [0.1, 0.15) is 5.56 Å². The molecule has 2 N–H and O–H groups in total. The molecule has 1 aromatic carbocycles. The molecular formula is C12H16N2O2. The van der Waals surface area contributed by atoms with Gasteiger partial charge in [-0.25, -0.2) is 0 Å². The summed E-state index contributed by atoms with van der Waals surface area (Å²) in [7, 11) is 1.72. The SMILES string of the molecule is CNC(C#N)COc1ccccc1CCO. The third-order valence-corrected chi connectivity index (χ3v) is 2.26. The van der Waals surface area contributed by atoms with Gasteiger partial charge >= 0.3 is 0 Å². The molecule has 4 nitrogen and oxygen atoms in total. The number of benzene rings is 1. The Morgan fingerprint density at radius 3 is 2.88 bits per heavy atom. The Hall–Kier alpha value is -1.57. The van der Waals surface area contributed by atoms with Crippen LogP contribution in [-0.4, -0.2) is 31.4 Å². The van der Waals surface area contributed by atoms with E-state index in [4.69, 9.17) is 15.1 Å². The summed E-state index contributed by atoms with van der Waals surface area (Å²) < 4.78 is 5.54.